The summed E-state index contributed by atoms with van der Waals surface area (Å²) >= 11 is 1.83. The van der Waals surface area contributed by atoms with Gasteiger partial charge in [-0.05, 0) is 56.9 Å². The van der Waals surface area contributed by atoms with Crippen molar-refractivity contribution >= 4 is 22.3 Å². The fourth-order valence-electron chi connectivity index (χ4n) is 3.66. The number of piperidine rings is 1. The number of aliphatic imine (C=N–C) groups is 1. The summed E-state index contributed by atoms with van der Waals surface area (Å²) in [5.74, 6) is 0.897. The molecule has 1 saturated heterocycles. The van der Waals surface area contributed by atoms with Crippen molar-refractivity contribution in [3.05, 3.63) is 52.9 Å². The summed E-state index contributed by atoms with van der Waals surface area (Å²) in [6, 6.07) is 13.9. The molecule has 1 aliphatic rings. The largest absolute Gasteiger partial charge is 0.363 e. The number of thiophene rings is 1. The summed E-state index contributed by atoms with van der Waals surface area (Å²) in [5.41, 5.74) is 2.61. The minimum atomic E-state index is 0.305. The van der Waals surface area contributed by atoms with Crippen molar-refractivity contribution in [3.8, 4) is 0 Å². The van der Waals surface area contributed by atoms with Crippen molar-refractivity contribution in [2.75, 3.05) is 45.7 Å². The van der Waals surface area contributed by atoms with Crippen molar-refractivity contribution in [1.82, 2.24) is 15.5 Å². The molecule has 3 rings (SSSR count). The Hall–Kier alpha value is -2.05. The number of hydrogen-bond donors (Lipinski definition) is 2. The lowest BCUT2D eigenvalue weighted by Gasteiger charge is -2.34. The van der Waals surface area contributed by atoms with Gasteiger partial charge >= 0.3 is 0 Å². The number of likely N-dealkylation sites (N-methyl/N-ethyl adjacent to an activating group) is 1. The lowest BCUT2D eigenvalue weighted by atomic mass is 10.0. The van der Waals surface area contributed by atoms with E-state index in [1.807, 2.05) is 18.4 Å². The quantitative estimate of drug-likeness (QED) is 0.576. The Labute approximate surface area is 173 Å². The van der Waals surface area contributed by atoms with Gasteiger partial charge in [-0.1, -0.05) is 29.8 Å². The Morgan fingerprint density at radius 3 is 2.50 bits per heavy atom. The van der Waals surface area contributed by atoms with E-state index >= 15 is 0 Å². The predicted octanol–water partition coefficient (Wildman–Crippen LogP) is 3.49. The van der Waals surface area contributed by atoms with Gasteiger partial charge in [0.1, 0.15) is 0 Å². The van der Waals surface area contributed by atoms with Crippen LogP contribution in [0, 0.1) is 6.92 Å². The third-order valence-corrected chi connectivity index (χ3v) is 6.35. The average molecular weight is 400 g/mol. The van der Waals surface area contributed by atoms with E-state index in [-0.39, 0.29) is 0 Å². The molecule has 2 N–H and O–H groups in total. The van der Waals surface area contributed by atoms with E-state index in [0.29, 0.717) is 12.1 Å². The van der Waals surface area contributed by atoms with Crippen LogP contribution in [-0.4, -0.2) is 57.7 Å². The van der Waals surface area contributed by atoms with E-state index in [9.17, 15) is 0 Å². The molecule has 28 heavy (non-hydrogen) atoms. The highest BCUT2D eigenvalue weighted by atomic mass is 32.1. The lowest BCUT2D eigenvalue weighted by molar-refractivity contribution is 0.297. The maximum absolute atomic E-state index is 4.45. The first kappa shape index (κ1) is 20.7. The minimum absolute atomic E-state index is 0.305. The third-order valence-electron chi connectivity index (χ3n) is 5.43. The zero-order valence-electron chi connectivity index (χ0n) is 17.5. The number of rotatable bonds is 6. The molecule has 0 amide bonds. The molecule has 0 radical (unpaired) electrons. The van der Waals surface area contributed by atoms with Gasteiger partial charge in [0.15, 0.2) is 5.96 Å². The first-order valence-corrected chi connectivity index (χ1v) is 10.9. The van der Waals surface area contributed by atoms with Crippen LogP contribution in [-0.2, 0) is 0 Å². The van der Waals surface area contributed by atoms with E-state index in [1.165, 1.54) is 16.1 Å². The number of nitrogens with zero attached hydrogens (tertiary/aromatic N) is 3. The molecule has 2 heterocycles. The van der Waals surface area contributed by atoms with Crippen LogP contribution in [0.1, 0.15) is 30.0 Å². The average Bonchev–Trinajstić information content (AvgIpc) is 3.23. The van der Waals surface area contributed by atoms with E-state index in [2.05, 4.69) is 88.2 Å². The normalized spacial score (nSPS) is 17.0. The minimum Gasteiger partial charge on any atom is -0.363 e. The molecule has 0 spiro atoms. The number of guanidine groups is 1. The second kappa shape index (κ2) is 9.94. The Morgan fingerprint density at radius 2 is 1.93 bits per heavy atom. The smallest absolute Gasteiger partial charge is 0.191 e. The predicted molar refractivity (Wildman–Crippen MR) is 122 cm³/mol. The Kier molecular flexibility index (Phi) is 7.34. The molecular weight excluding hydrogens is 366 g/mol. The molecule has 0 bridgehead atoms. The van der Waals surface area contributed by atoms with Gasteiger partial charge in [0.25, 0.3) is 0 Å². The molecule has 1 unspecified atom stereocenters. The molecule has 5 nitrogen and oxygen atoms in total. The zero-order valence-corrected chi connectivity index (χ0v) is 18.3. The van der Waals surface area contributed by atoms with Gasteiger partial charge in [0, 0.05) is 32.7 Å². The summed E-state index contributed by atoms with van der Waals surface area (Å²) in [6.45, 7) is 5.14. The number of anilines is 1. The van der Waals surface area contributed by atoms with Crippen LogP contribution in [0.5, 0.6) is 0 Å². The van der Waals surface area contributed by atoms with Gasteiger partial charge in [-0.25, -0.2) is 0 Å². The van der Waals surface area contributed by atoms with Crippen LogP contribution in [0.2, 0.25) is 0 Å². The standard InChI is InChI=1S/C22H33N5S/c1-17-7-9-18(10-8-17)20(26(3)4)16-24-22(23-2)25-19-11-13-27(14-12-19)21-6-5-15-28-21/h5-10,15,19-20H,11-14,16H2,1-4H3,(H2,23,24,25). The fourth-order valence-corrected chi connectivity index (χ4v) is 4.45. The highest BCUT2D eigenvalue weighted by Crippen LogP contribution is 2.24. The Balaban J connectivity index is 1.50. The molecule has 6 heteroatoms. The molecular formula is C22H33N5S. The van der Waals surface area contributed by atoms with Crippen molar-refractivity contribution in [3.63, 3.8) is 0 Å². The lowest BCUT2D eigenvalue weighted by Crippen LogP contribution is -2.49. The first-order chi connectivity index (χ1) is 13.6. The number of hydrogen-bond acceptors (Lipinski definition) is 4. The van der Waals surface area contributed by atoms with Crippen LogP contribution in [0.25, 0.3) is 0 Å². The summed E-state index contributed by atoms with van der Waals surface area (Å²) in [4.78, 5) is 9.19. The summed E-state index contributed by atoms with van der Waals surface area (Å²) in [6.07, 6.45) is 2.27. The van der Waals surface area contributed by atoms with E-state index in [4.69, 9.17) is 0 Å². The molecule has 1 fully saturated rings. The van der Waals surface area contributed by atoms with E-state index in [1.54, 1.807) is 0 Å². The second-order valence-electron chi connectivity index (χ2n) is 7.70. The van der Waals surface area contributed by atoms with E-state index < -0.39 is 0 Å². The van der Waals surface area contributed by atoms with Gasteiger partial charge in [-0.3, -0.25) is 4.99 Å². The van der Waals surface area contributed by atoms with Crippen LogP contribution in [0.15, 0.2) is 46.8 Å². The topological polar surface area (TPSA) is 42.9 Å². The van der Waals surface area contributed by atoms with Crippen molar-refractivity contribution in [2.24, 2.45) is 4.99 Å². The monoisotopic (exact) mass is 399 g/mol. The summed E-state index contributed by atoms with van der Waals surface area (Å²) in [5, 5.41) is 10.7. The Morgan fingerprint density at radius 1 is 1.21 bits per heavy atom. The SMILES string of the molecule is CN=C(NCC(c1ccc(C)cc1)N(C)C)NC1CCN(c2cccs2)CC1. The molecule has 1 aromatic carbocycles. The number of benzene rings is 1. The van der Waals surface area contributed by atoms with Crippen LogP contribution in [0.3, 0.4) is 0 Å². The third kappa shape index (κ3) is 5.49. The number of nitrogens with one attached hydrogen (secondary N) is 2. The molecule has 152 valence electrons. The fraction of sp³-hybridized carbons (Fsp3) is 0.500. The van der Waals surface area contributed by atoms with Gasteiger partial charge < -0.3 is 20.4 Å². The van der Waals surface area contributed by atoms with Crippen molar-refractivity contribution in [2.45, 2.75) is 31.8 Å². The van der Waals surface area contributed by atoms with Gasteiger partial charge in [-0.15, -0.1) is 11.3 Å². The van der Waals surface area contributed by atoms with Crippen LogP contribution < -0.4 is 15.5 Å². The molecule has 1 aliphatic heterocycles. The van der Waals surface area contributed by atoms with Gasteiger partial charge in [-0.2, -0.15) is 0 Å². The number of aryl methyl sites for hydroxylation is 1. The summed E-state index contributed by atoms with van der Waals surface area (Å²) < 4.78 is 0. The molecule has 1 atom stereocenters. The van der Waals surface area contributed by atoms with Gasteiger partial charge in [0.2, 0.25) is 0 Å². The van der Waals surface area contributed by atoms with Gasteiger partial charge in [0.05, 0.1) is 11.0 Å². The molecule has 0 saturated carbocycles. The Bertz CT molecular complexity index is 731. The molecule has 1 aromatic heterocycles. The highest BCUT2D eigenvalue weighted by Gasteiger charge is 2.21. The maximum Gasteiger partial charge on any atom is 0.191 e. The first-order valence-electron chi connectivity index (χ1n) is 10.1. The van der Waals surface area contributed by atoms with Crippen molar-refractivity contribution < 1.29 is 0 Å². The van der Waals surface area contributed by atoms with Crippen LogP contribution >= 0.6 is 11.3 Å². The highest BCUT2D eigenvalue weighted by molar-refractivity contribution is 7.14. The second-order valence-corrected chi connectivity index (χ2v) is 8.63. The molecule has 0 aliphatic carbocycles. The maximum atomic E-state index is 4.45. The molecule has 2 aromatic rings. The zero-order chi connectivity index (χ0) is 19.9. The van der Waals surface area contributed by atoms with E-state index in [0.717, 1.165) is 38.4 Å². The summed E-state index contributed by atoms with van der Waals surface area (Å²) in [7, 11) is 6.11. The van der Waals surface area contributed by atoms with Crippen LogP contribution in [0.4, 0.5) is 5.00 Å². The van der Waals surface area contributed by atoms with Crippen molar-refractivity contribution in [1.29, 1.82) is 0 Å².